The van der Waals surface area contributed by atoms with Gasteiger partial charge in [-0.15, -0.1) is 11.3 Å². The van der Waals surface area contributed by atoms with Crippen LogP contribution in [0.5, 0.6) is 0 Å². The van der Waals surface area contributed by atoms with Crippen molar-refractivity contribution in [3.63, 3.8) is 0 Å². The van der Waals surface area contributed by atoms with Crippen molar-refractivity contribution in [1.82, 2.24) is 4.90 Å². The molecule has 0 saturated heterocycles. The fourth-order valence-corrected chi connectivity index (χ4v) is 2.58. The van der Waals surface area contributed by atoms with E-state index in [1.165, 1.54) is 9.78 Å². The van der Waals surface area contributed by atoms with Gasteiger partial charge in [0, 0.05) is 18.3 Å². The van der Waals surface area contributed by atoms with Gasteiger partial charge in [-0.3, -0.25) is 4.79 Å². The minimum Gasteiger partial charge on any atom is -0.480 e. The van der Waals surface area contributed by atoms with Gasteiger partial charge in [-0.1, -0.05) is 13.0 Å². The van der Waals surface area contributed by atoms with Crippen LogP contribution in [-0.4, -0.2) is 35.0 Å². The third-order valence-electron chi connectivity index (χ3n) is 2.93. The van der Waals surface area contributed by atoms with Gasteiger partial charge in [0.2, 0.25) is 5.91 Å². The standard InChI is InChI=1S/C13H19NO3S/c1-3-11(13(16)17)14(2)12(15)8-4-6-10-7-5-9-18-10/h5,7,9,11H,3-4,6,8H2,1-2H3,(H,16,17). The summed E-state index contributed by atoms with van der Waals surface area (Å²) in [5.74, 6) is -1.03. The number of hydrogen-bond acceptors (Lipinski definition) is 3. The number of carboxylic acids is 1. The smallest absolute Gasteiger partial charge is 0.326 e. The summed E-state index contributed by atoms with van der Waals surface area (Å²) in [6.07, 6.45) is 2.47. The first kappa shape index (κ1) is 14.7. The highest BCUT2D eigenvalue weighted by molar-refractivity contribution is 7.09. The van der Waals surface area contributed by atoms with Gasteiger partial charge >= 0.3 is 5.97 Å². The number of amides is 1. The Hall–Kier alpha value is -1.36. The predicted molar refractivity (Wildman–Crippen MR) is 71.7 cm³/mol. The van der Waals surface area contributed by atoms with Gasteiger partial charge in [-0.25, -0.2) is 4.79 Å². The quantitative estimate of drug-likeness (QED) is 0.827. The van der Waals surface area contributed by atoms with Crippen molar-refractivity contribution in [2.45, 2.75) is 38.6 Å². The van der Waals surface area contributed by atoms with Crippen molar-refractivity contribution in [3.05, 3.63) is 22.4 Å². The zero-order chi connectivity index (χ0) is 13.5. The molecule has 0 bridgehead atoms. The first-order valence-electron chi connectivity index (χ1n) is 6.07. The zero-order valence-corrected chi connectivity index (χ0v) is 11.6. The van der Waals surface area contributed by atoms with Crippen LogP contribution in [0.25, 0.3) is 0 Å². The second-order valence-corrected chi connectivity index (χ2v) is 5.23. The molecule has 1 aromatic rings. The molecule has 0 saturated carbocycles. The van der Waals surface area contributed by atoms with Crippen LogP contribution in [0.2, 0.25) is 0 Å². The maximum absolute atomic E-state index is 11.8. The van der Waals surface area contributed by atoms with E-state index in [0.29, 0.717) is 12.8 Å². The minimum absolute atomic E-state index is 0.0965. The molecule has 100 valence electrons. The minimum atomic E-state index is -0.938. The number of nitrogens with zero attached hydrogens (tertiary/aromatic N) is 1. The Morgan fingerprint density at radius 2 is 2.22 bits per heavy atom. The van der Waals surface area contributed by atoms with Crippen LogP contribution in [0.15, 0.2) is 17.5 Å². The van der Waals surface area contributed by atoms with E-state index < -0.39 is 12.0 Å². The third-order valence-corrected chi connectivity index (χ3v) is 3.86. The summed E-state index contributed by atoms with van der Waals surface area (Å²) in [5.41, 5.74) is 0. The lowest BCUT2D eigenvalue weighted by atomic mass is 10.1. The number of aliphatic carboxylic acids is 1. The van der Waals surface area contributed by atoms with Crippen LogP contribution in [0.3, 0.4) is 0 Å². The van der Waals surface area contributed by atoms with E-state index in [4.69, 9.17) is 5.11 Å². The summed E-state index contributed by atoms with van der Waals surface area (Å²) in [6, 6.07) is 3.33. The summed E-state index contributed by atoms with van der Waals surface area (Å²) in [7, 11) is 1.57. The molecule has 0 spiro atoms. The van der Waals surface area contributed by atoms with E-state index in [9.17, 15) is 9.59 Å². The molecule has 0 aromatic carbocycles. The molecular weight excluding hydrogens is 250 g/mol. The number of likely N-dealkylation sites (N-methyl/N-ethyl adjacent to an activating group) is 1. The fourth-order valence-electron chi connectivity index (χ4n) is 1.83. The number of rotatable bonds is 7. The largest absolute Gasteiger partial charge is 0.480 e. The summed E-state index contributed by atoms with van der Waals surface area (Å²) in [4.78, 5) is 25.4. The van der Waals surface area contributed by atoms with Gasteiger partial charge in [-0.05, 0) is 30.7 Å². The van der Waals surface area contributed by atoms with Gasteiger partial charge in [0.15, 0.2) is 0 Å². The van der Waals surface area contributed by atoms with Crippen LogP contribution in [0.1, 0.15) is 31.1 Å². The highest BCUT2D eigenvalue weighted by Crippen LogP contribution is 2.13. The van der Waals surface area contributed by atoms with Gasteiger partial charge in [-0.2, -0.15) is 0 Å². The second kappa shape index (κ2) is 7.16. The van der Waals surface area contributed by atoms with Crippen molar-refractivity contribution in [2.75, 3.05) is 7.05 Å². The second-order valence-electron chi connectivity index (χ2n) is 4.20. The van der Waals surface area contributed by atoms with Gasteiger partial charge in [0.25, 0.3) is 0 Å². The normalized spacial score (nSPS) is 12.1. The van der Waals surface area contributed by atoms with Crippen LogP contribution in [-0.2, 0) is 16.0 Å². The number of hydrogen-bond donors (Lipinski definition) is 1. The molecule has 0 aliphatic rings. The fraction of sp³-hybridized carbons (Fsp3) is 0.538. The van der Waals surface area contributed by atoms with E-state index in [2.05, 4.69) is 0 Å². The molecule has 18 heavy (non-hydrogen) atoms. The van der Waals surface area contributed by atoms with Crippen LogP contribution >= 0.6 is 11.3 Å². The molecule has 1 N–H and O–H groups in total. The Bertz CT molecular complexity index is 389. The Balaban J connectivity index is 2.37. The monoisotopic (exact) mass is 269 g/mol. The average Bonchev–Trinajstić information content (AvgIpc) is 2.82. The Morgan fingerprint density at radius 1 is 1.50 bits per heavy atom. The van der Waals surface area contributed by atoms with E-state index >= 15 is 0 Å². The maximum atomic E-state index is 11.8. The first-order valence-corrected chi connectivity index (χ1v) is 6.95. The molecule has 1 atom stereocenters. The van der Waals surface area contributed by atoms with E-state index in [-0.39, 0.29) is 5.91 Å². The van der Waals surface area contributed by atoms with Crippen molar-refractivity contribution >= 4 is 23.2 Å². The van der Waals surface area contributed by atoms with Crippen LogP contribution in [0.4, 0.5) is 0 Å². The molecule has 0 aliphatic carbocycles. The van der Waals surface area contributed by atoms with Crippen LogP contribution in [0, 0.1) is 0 Å². The summed E-state index contributed by atoms with van der Waals surface area (Å²) in [6.45, 7) is 1.77. The van der Waals surface area contributed by atoms with Crippen molar-refractivity contribution in [1.29, 1.82) is 0 Å². The van der Waals surface area contributed by atoms with Gasteiger partial charge in [0.1, 0.15) is 6.04 Å². The lowest BCUT2D eigenvalue weighted by Gasteiger charge is -2.23. The van der Waals surface area contributed by atoms with E-state index in [0.717, 1.165) is 12.8 Å². The zero-order valence-electron chi connectivity index (χ0n) is 10.8. The van der Waals surface area contributed by atoms with Gasteiger partial charge in [0.05, 0.1) is 0 Å². The average molecular weight is 269 g/mol. The number of aryl methyl sites for hydroxylation is 1. The number of thiophene rings is 1. The van der Waals surface area contributed by atoms with Gasteiger partial charge < -0.3 is 10.0 Å². The number of carbonyl (C=O) groups is 2. The van der Waals surface area contributed by atoms with Crippen molar-refractivity contribution in [3.8, 4) is 0 Å². The van der Waals surface area contributed by atoms with Crippen molar-refractivity contribution < 1.29 is 14.7 Å². The molecule has 0 fully saturated rings. The first-order chi connectivity index (χ1) is 8.56. The number of carbonyl (C=O) groups excluding carboxylic acids is 1. The lowest BCUT2D eigenvalue weighted by Crippen LogP contribution is -2.41. The Morgan fingerprint density at radius 3 is 2.72 bits per heavy atom. The maximum Gasteiger partial charge on any atom is 0.326 e. The molecule has 0 aliphatic heterocycles. The van der Waals surface area contributed by atoms with E-state index in [1.807, 2.05) is 17.5 Å². The number of carboxylic acid groups (broad SMARTS) is 1. The SMILES string of the molecule is CCC(C(=O)O)N(C)C(=O)CCCc1cccs1. The highest BCUT2D eigenvalue weighted by Gasteiger charge is 2.23. The van der Waals surface area contributed by atoms with Crippen LogP contribution < -0.4 is 0 Å². The molecule has 4 nitrogen and oxygen atoms in total. The molecule has 1 unspecified atom stereocenters. The third kappa shape index (κ3) is 4.14. The predicted octanol–water partition coefficient (Wildman–Crippen LogP) is 2.39. The molecular formula is C13H19NO3S. The molecule has 1 amide bonds. The molecule has 1 rings (SSSR count). The molecule has 0 radical (unpaired) electrons. The molecule has 5 heteroatoms. The van der Waals surface area contributed by atoms with E-state index in [1.54, 1.807) is 25.3 Å². The summed E-state index contributed by atoms with van der Waals surface area (Å²) in [5, 5.41) is 11.0. The van der Waals surface area contributed by atoms with Crippen molar-refractivity contribution in [2.24, 2.45) is 0 Å². The molecule has 1 heterocycles. The summed E-state index contributed by atoms with van der Waals surface area (Å²) >= 11 is 1.68. The Labute approximate surface area is 111 Å². The molecule has 1 aromatic heterocycles. The Kier molecular flexibility index (Phi) is 5.85. The summed E-state index contributed by atoms with van der Waals surface area (Å²) < 4.78 is 0. The highest BCUT2D eigenvalue weighted by atomic mass is 32.1. The topological polar surface area (TPSA) is 57.6 Å². The lowest BCUT2D eigenvalue weighted by molar-refractivity contribution is -0.149.